The lowest BCUT2D eigenvalue weighted by Crippen LogP contribution is -2.33. The Morgan fingerprint density at radius 3 is 2.18 bits per heavy atom. The Balaban J connectivity index is 1.74. The van der Waals surface area contributed by atoms with E-state index >= 15 is 0 Å². The SMILES string of the molecule is Cc1ccnn1-c1ccc(C(=O)N2CCCCCCC2)cc1. The molecule has 0 N–H and O–H groups in total. The maximum Gasteiger partial charge on any atom is 0.253 e. The molecule has 1 aromatic heterocycles. The van der Waals surface area contributed by atoms with E-state index in [0.717, 1.165) is 42.9 Å². The van der Waals surface area contributed by atoms with Crippen LogP contribution >= 0.6 is 0 Å². The molecule has 1 aliphatic heterocycles. The van der Waals surface area contributed by atoms with E-state index in [1.165, 1.54) is 19.3 Å². The number of likely N-dealkylation sites (tertiary alicyclic amines) is 1. The smallest absolute Gasteiger partial charge is 0.253 e. The van der Waals surface area contributed by atoms with Crippen LogP contribution in [0.1, 0.15) is 48.2 Å². The lowest BCUT2D eigenvalue weighted by Gasteiger charge is -2.25. The van der Waals surface area contributed by atoms with Crippen LogP contribution in [0.3, 0.4) is 0 Å². The van der Waals surface area contributed by atoms with Crippen molar-refractivity contribution in [2.75, 3.05) is 13.1 Å². The topological polar surface area (TPSA) is 38.1 Å². The molecule has 3 rings (SSSR count). The summed E-state index contributed by atoms with van der Waals surface area (Å²) < 4.78 is 1.88. The molecule has 0 aliphatic carbocycles. The number of aryl methyl sites for hydroxylation is 1. The van der Waals surface area contributed by atoms with Gasteiger partial charge in [-0.1, -0.05) is 19.3 Å². The standard InChI is InChI=1S/C18H23N3O/c1-15-11-12-19-21(15)17-9-7-16(8-10-17)18(22)20-13-5-3-2-4-6-14-20/h7-12H,2-6,13-14H2,1H3. The van der Waals surface area contributed by atoms with Crippen LogP contribution < -0.4 is 0 Å². The maximum absolute atomic E-state index is 12.6. The zero-order chi connectivity index (χ0) is 15.4. The third kappa shape index (κ3) is 3.21. The average Bonchev–Trinajstić information content (AvgIpc) is 2.93. The first-order valence-corrected chi connectivity index (χ1v) is 8.16. The average molecular weight is 297 g/mol. The molecule has 1 aliphatic rings. The highest BCUT2D eigenvalue weighted by atomic mass is 16.2. The Bertz CT molecular complexity index is 622. The van der Waals surface area contributed by atoms with Gasteiger partial charge in [0.25, 0.3) is 5.91 Å². The van der Waals surface area contributed by atoms with Crippen LogP contribution in [-0.4, -0.2) is 33.7 Å². The number of aromatic nitrogens is 2. The van der Waals surface area contributed by atoms with Crippen LogP contribution in [0.15, 0.2) is 36.5 Å². The molecule has 22 heavy (non-hydrogen) atoms. The number of amides is 1. The summed E-state index contributed by atoms with van der Waals surface area (Å²) in [5.41, 5.74) is 2.85. The first-order chi connectivity index (χ1) is 10.8. The van der Waals surface area contributed by atoms with Crippen LogP contribution in [0.5, 0.6) is 0 Å². The normalized spacial score (nSPS) is 16.1. The Labute approximate surface area is 131 Å². The van der Waals surface area contributed by atoms with Gasteiger partial charge in [-0.2, -0.15) is 5.10 Å². The first-order valence-electron chi connectivity index (χ1n) is 8.16. The molecule has 4 nitrogen and oxygen atoms in total. The lowest BCUT2D eigenvalue weighted by molar-refractivity contribution is 0.0742. The largest absolute Gasteiger partial charge is 0.339 e. The van der Waals surface area contributed by atoms with Crippen molar-refractivity contribution in [2.45, 2.75) is 39.0 Å². The van der Waals surface area contributed by atoms with Crippen LogP contribution in [0.25, 0.3) is 5.69 Å². The summed E-state index contributed by atoms with van der Waals surface area (Å²) in [6.07, 6.45) is 7.81. The van der Waals surface area contributed by atoms with Crippen molar-refractivity contribution >= 4 is 5.91 Å². The molecular formula is C18H23N3O. The van der Waals surface area contributed by atoms with E-state index in [0.29, 0.717) is 0 Å². The fourth-order valence-electron chi connectivity index (χ4n) is 3.02. The molecular weight excluding hydrogens is 274 g/mol. The van der Waals surface area contributed by atoms with Gasteiger partial charge in [0, 0.05) is 30.5 Å². The predicted octanol–water partition coefficient (Wildman–Crippen LogP) is 3.59. The summed E-state index contributed by atoms with van der Waals surface area (Å²) in [4.78, 5) is 14.6. The number of carbonyl (C=O) groups is 1. The van der Waals surface area contributed by atoms with Gasteiger partial charge in [-0.3, -0.25) is 4.79 Å². The number of hydrogen-bond donors (Lipinski definition) is 0. The van der Waals surface area contributed by atoms with Gasteiger partial charge >= 0.3 is 0 Å². The van der Waals surface area contributed by atoms with Crippen molar-refractivity contribution < 1.29 is 4.79 Å². The summed E-state index contributed by atoms with van der Waals surface area (Å²) in [6.45, 7) is 3.80. The molecule has 1 amide bonds. The highest BCUT2D eigenvalue weighted by Crippen LogP contribution is 2.16. The van der Waals surface area contributed by atoms with Gasteiger partial charge in [-0.15, -0.1) is 0 Å². The van der Waals surface area contributed by atoms with Crippen molar-refractivity contribution in [1.82, 2.24) is 14.7 Å². The molecule has 4 heteroatoms. The van der Waals surface area contributed by atoms with E-state index in [2.05, 4.69) is 5.10 Å². The Morgan fingerprint density at radius 2 is 1.59 bits per heavy atom. The van der Waals surface area contributed by atoms with Crippen molar-refractivity contribution in [2.24, 2.45) is 0 Å². The van der Waals surface area contributed by atoms with Crippen LogP contribution in [0.4, 0.5) is 0 Å². The first kappa shape index (κ1) is 14.8. The zero-order valence-corrected chi connectivity index (χ0v) is 13.2. The summed E-state index contributed by atoms with van der Waals surface area (Å²) in [6, 6.07) is 9.74. The fraction of sp³-hybridized carbons (Fsp3) is 0.444. The van der Waals surface area contributed by atoms with Crippen molar-refractivity contribution in [3.8, 4) is 5.69 Å². The molecule has 1 aromatic carbocycles. The van der Waals surface area contributed by atoms with E-state index in [1.807, 2.05) is 46.8 Å². The second-order valence-corrected chi connectivity index (χ2v) is 5.99. The number of hydrogen-bond acceptors (Lipinski definition) is 2. The fourth-order valence-corrected chi connectivity index (χ4v) is 3.02. The van der Waals surface area contributed by atoms with Gasteiger partial charge in [0.1, 0.15) is 0 Å². The van der Waals surface area contributed by atoms with Crippen molar-refractivity contribution in [3.05, 3.63) is 47.8 Å². The summed E-state index contributed by atoms with van der Waals surface area (Å²) in [7, 11) is 0. The highest BCUT2D eigenvalue weighted by Gasteiger charge is 2.16. The van der Waals surface area contributed by atoms with Crippen LogP contribution in [0, 0.1) is 6.92 Å². The second-order valence-electron chi connectivity index (χ2n) is 5.99. The zero-order valence-electron chi connectivity index (χ0n) is 13.2. The second kappa shape index (κ2) is 6.77. The summed E-state index contributed by atoms with van der Waals surface area (Å²) in [5.74, 6) is 0.158. The third-order valence-corrected chi connectivity index (χ3v) is 4.33. The molecule has 0 saturated carbocycles. The quantitative estimate of drug-likeness (QED) is 0.849. The number of carbonyl (C=O) groups excluding carboxylic acids is 1. The Kier molecular flexibility index (Phi) is 4.56. The van der Waals surface area contributed by atoms with Gasteiger partial charge in [0.05, 0.1) is 5.69 Å². The molecule has 0 unspecified atom stereocenters. The lowest BCUT2D eigenvalue weighted by atomic mass is 10.1. The minimum atomic E-state index is 0.158. The molecule has 0 atom stereocenters. The van der Waals surface area contributed by atoms with E-state index in [-0.39, 0.29) is 5.91 Å². The molecule has 116 valence electrons. The Hall–Kier alpha value is -2.10. The van der Waals surface area contributed by atoms with E-state index in [4.69, 9.17) is 0 Å². The van der Waals surface area contributed by atoms with Crippen molar-refractivity contribution in [1.29, 1.82) is 0 Å². The van der Waals surface area contributed by atoms with E-state index < -0.39 is 0 Å². The number of nitrogens with zero attached hydrogens (tertiary/aromatic N) is 3. The molecule has 1 fully saturated rings. The third-order valence-electron chi connectivity index (χ3n) is 4.33. The van der Waals surface area contributed by atoms with Gasteiger partial charge in [0.15, 0.2) is 0 Å². The van der Waals surface area contributed by atoms with Gasteiger partial charge in [-0.05, 0) is 50.1 Å². The predicted molar refractivity (Wildman–Crippen MR) is 87.3 cm³/mol. The van der Waals surface area contributed by atoms with Gasteiger partial charge in [0.2, 0.25) is 0 Å². The van der Waals surface area contributed by atoms with Gasteiger partial charge in [-0.25, -0.2) is 4.68 Å². The van der Waals surface area contributed by atoms with Crippen molar-refractivity contribution in [3.63, 3.8) is 0 Å². The van der Waals surface area contributed by atoms with Crippen LogP contribution in [-0.2, 0) is 0 Å². The number of rotatable bonds is 2. The molecule has 0 radical (unpaired) electrons. The van der Waals surface area contributed by atoms with Gasteiger partial charge < -0.3 is 4.90 Å². The minimum Gasteiger partial charge on any atom is -0.339 e. The molecule has 0 spiro atoms. The van der Waals surface area contributed by atoms with E-state index in [1.54, 1.807) is 6.20 Å². The summed E-state index contributed by atoms with van der Waals surface area (Å²) >= 11 is 0. The molecule has 1 saturated heterocycles. The molecule has 0 bridgehead atoms. The van der Waals surface area contributed by atoms with E-state index in [9.17, 15) is 4.79 Å². The van der Waals surface area contributed by atoms with Crippen LogP contribution in [0.2, 0.25) is 0 Å². The number of benzene rings is 1. The Morgan fingerprint density at radius 1 is 0.955 bits per heavy atom. The molecule has 2 aromatic rings. The molecule has 2 heterocycles. The summed E-state index contributed by atoms with van der Waals surface area (Å²) in [5, 5.41) is 4.29. The maximum atomic E-state index is 12.6. The monoisotopic (exact) mass is 297 g/mol. The highest BCUT2D eigenvalue weighted by molar-refractivity contribution is 5.94. The minimum absolute atomic E-state index is 0.158.